The topological polar surface area (TPSA) is 96.0 Å². The zero-order valence-corrected chi connectivity index (χ0v) is 15.6. The van der Waals surface area contributed by atoms with Crippen molar-refractivity contribution in [1.82, 2.24) is 14.5 Å². The Morgan fingerprint density at radius 1 is 1.14 bits per heavy atom. The van der Waals surface area contributed by atoms with Gasteiger partial charge in [0.05, 0.1) is 4.90 Å². The van der Waals surface area contributed by atoms with Gasteiger partial charge in [0.2, 0.25) is 10.0 Å². The van der Waals surface area contributed by atoms with Gasteiger partial charge in [-0.15, -0.1) is 13.2 Å². The molecular weight excluding hydrogens is 403 g/mol. The molecule has 1 aromatic rings. The van der Waals surface area contributed by atoms with E-state index in [1.807, 2.05) is 0 Å². The molecule has 8 nitrogen and oxygen atoms in total. The number of likely N-dealkylation sites (N-methyl/N-ethyl adjacent to an activating group) is 1. The van der Waals surface area contributed by atoms with Crippen LogP contribution in [0.3, 0.4) is 0 Å². The quantitative estimate of drug-likeness (QED) is 0.747. The number of hydrogen-bond donors (Lipinski definition) is 1. The van der Waals surface area contributed by atoms with Crippen LogP contribution in [-0.2, 0) is 14.8 Å². The summed E-state index contributed by atoms with van der Waals surface area (Å²) >= 11 is 0. The molecule has 12 heteroatoms. The Labute approximate surface area is 159 Å². The van der Waals surface area contributed by atoms with Crippen LogP contribution < -0.4 is 10.1 Å². The van der Waals surface area contributed by atoms with Crippen molar-refractivity contribution in [1.29, 1.82) is 0 Å². The molecule has 2 heterocycles. The van der Waals surface area contributed by atoms with Gasteiger partial charge in [0, 0.05) is 19.6 Å². The van der Waals surface area contributed by atoms with Gasteiger partial charge in [-0.25, -0.2) is 13.2 Å². The zero-order chi connectivity index (χ0) is 20.7. The molecule has 28 heavy (non-hydrogen) atoms. The van der Waals surface area contributed by atoms with Crippen molar-refractivity contribution in [2.24, 2.45) is 0 Å². The number of benzene rings is 1. The van der Waals surface area contributed by atoms with E-state index in [1.54, 1.807) is 6.92 Å². The lowest BCUT2D eigenvalue weighted by Gasteiger charge is -2.36. The summed E-state index contributed by atoms with van der Waals surface area (Å²) in [5.74, 6) is -0.895. The Morgan fingerprint density at radius 2 is 1.71 bits per heavy atom. The molecule has 2 aliphatic rings. The number of sulfonamides is 1. The maximum Gasteiger partial charge on any atom is 0.573 e. The number of rotatable bonds is 4. The molecule has 3 rings (SSSR count). The van der Waals surface area contributed by atoms with Gasteiger partial charge in [-0.05, 0) is 44.0 Å². The Hall–Kier alpha value is -2.34. The number of nitrogens with zero attached hydrogens (tertiary/aromatic N) is 2. The largest absolute Gasteiger partial charge is 0.573 e. The van der Waals surface area contributed by atoms with Gasteiger partial charge in [0.1, 0.15) is 11.3 Å². The number of urea groups is 1. The number of carbonyl (C=O) groups excluding carboxylic acids is 2. The fourth-order valence-electron chi connectivity index (χ4n) is 3.37. The smallest absolute Gasteiger partial charge is 0.406 e. The van der Waals surface area contributed by atoms with Gasteiger partial charge in [0.25, 0.3) is 5.91 Å². The van der Waals surface area contributed by atoms with Crippen molar-refractivity contribution < 1.29 is 35.9 Å². The first-order valence-corrected chi connectivity index (χ1v) is 9.93. The average Bonchev–Trinajstić information content (AvgIpc) is 2.84. The molecule has 0 radical (unpaired) electrons. The van der Waals surface area contributed by atoms with E-state index in [-0.39, 0.29) is 43.3 Å². The van der Waals surface area contributed by atoms with Gasteiger partial charge in [-0.1, -0.05) is 0 Å². The first-order chi connectivity index (χ1) is 13.0. The fraction of sp³-hybridized carbons (Fsp3) is 0.500. The second-order valence-corrected chi connectivity index (χ2v) is 8.42. The summed E-state index contributed by atoms with van der Waals surface area (Å²) < 4.78 is 67.0. The first-order valence-electron chi connectivity index (χ1n) is 8.48. The fourth-order valence-corrected chi connectivity index (χ4v) is 4.81. The number of carbonyl (C=O) groups is 2. The normalized spacial score (nSPS) is 20.5. The number of hydrogen-bond acceptors (Lipinski definition) is 5. The van der Waals surface area contributed by atoms with Gasteiger partial charge in [-0.2, -0.15) is 4.31 Å². The molecule has 0 bridgehead atoms. The van der Waals surface area contributed by atoms with Crippen LogP contribution >= 0.6 is 0 Å². The lowest BCUT2D eigenvalue weighted by Crippen LogP contribution is -2.55. The number of ether oxygens (including phenoxy) is 1. The van der Waals surface area contributed by atoms with Crippen molar-refractivity contribution in [2.45, 2.75) is 36.6 Å². The van der Waals surface area contributed by atoms with Gasteiger partial charge in [-0.3, -0.25) is 9.69 Å². The molecule has 2 fully saturated rings. The Morgan fingerprint density at radius 3 is 2.18 bits per heavy atom. The SMILES string of the molecule is CCN1C(=O)NC2(CCN(S(=O)(=O)c3ccc(OC(F)(F)F)cc3)CC2)C1=O. The Bertz CT molecular complexity index is 878. The van der Waals surface area contributed by atoms with Crippen LogP contribution in [0.5, 0.6) is 5.75 Å². The summed E-state index contributed by atoms with van der Waals surface area (Å²) in [6.07, 6.45) is -4.64. The lowest BCUT2D eigenvalue weighted by molar-refractivity contribution is -0.274. The number of amides is 3. The van der Waals surface area contributed by atoms with E-state index in [2.05, 4.69) is 10.1 Å². The second-order valence-electron chi connectivity index (χ2n) is 6.48. The first kappa shape index (κ1) is 20.4. The standard InChI is InChI=1S/C16H18F3N3O5S/c1-2-22-13(23)15(20-14(22)24)7-9-21(10-8-15)28(25,26)12-5-3-11(4-6-12)27-16(17,18)19/h3-6H,2,7-10H2,1H3,(H,20,24). The minimum atomic E-state index is -4.87. The maximum atomic E-state index is 12.7. The van der Waals surface area contributed by atoms with E-state index in [0.29, 0.717) is 0 Å². The molecule has 1 N–H and O–H groups in total. The number of piperidine rings is 1. The third-order valence-electron chi connectivity index (χ3n) is 4.83. The van der Waals surface area contributed by atoms with Crippen molar-refractivity contribution in [2.75, 3.05) is 19.6 Å². The van der Waals surface area contributed by atoms with Gasteiger partial charge >= 0.3 is 12.4 Å². The lowest BCUT2D eigenvalue weighted by atomic mass is 9.88. The summed E-state index contributed by atoms with van der Waals surface area (Å²) in [5, 5.41) is 2.65. The van der Waals surface area contributed by atoms with E-state index in [4.69, 9.17) is 0 Å². The molecule has 2 saturated heterocycles. The van der Waals surface area contributed by atoms with E-state index in [9.17, 15) is 31.2 Å². The summed E-state index contributed by atoms with van der Waals surface area (Å²) in [6, 6.07) is 3.41. The molecule has 0 aliphatic carbocycles. The highest BCUT2D eigenvalue weighted by Gasteiger charge is 2.52. The van der Waals surface area contributed by atoms with Crippen LogP contribution in [0.25, 0.3) is 0 Å². The summed E-state index contributed by atoms with van der Waals surface area (Å²) in [7, 11) is -3.96. The van der Waals surface area contributed by atoms with Crippen LogP contribution in [0.1, 0.15) is 19.8 Å². The molecule has 2 aliphatic heterocycles. The third-order valence-corrected chi connectivity index (χ3v) is 6.75. The highest BCUT2D eigenvalue weighted by Crippen LogP contribution is 2.32. The van der Waals surface area contributed by atoms with Gasteiger partial charge < -0.3 is 10.1 Å². The molecule has 154 valence electrons. The molecule has 1 spiro atoms. The number of halogens is 3. The van der Waals surface area contributed by atoms with Crippen molar-refractivity contribution in [3.63, 3.8) is 0 Å². The minimum absolute atomic E-state index is 0.00723. The molecule has 0 atom stereocenters. The van der Waals surface area contributed by atoms with Gasteiger partial charge in [0.15, 0.2) is 0 Å². The van der Waals surface area contributed by atoms with Crippen LogP contribution in [0.2, 0.25) is 0 Å². The third kappa shape index (κ3) is 3.65. The second kappa shape index (κ2) is 6.92. The Balaban J connectivity index is 1.72. The van der Waals surface area contributed by atoms with Crippen LogP contribution in [0.4, 0.5) is 18.0 Å². The molecule has 3 amide bonds. The van der Waals surface area contributed by atoms with Crippen LogP contribution in [-0.4, -0.2) is 61.1 Å². The summed E-state index contributed by atoms with van der Waals surface area (Å²) in [5.41, 5.74) is -1.11. The maximum absolute atomic E-state index is 12.7. The number of nitrogens with one attached hydrogen (secondary N) is 1. The van der Waals surface area contributed by atoms with E-state index < -0.39 is 33.7 Å². The molecule has 0 unspecified atom stereocenters. The number of imide groups is 1. The molecule has 1 aromatic carbocycles. The monoisotopic (exact) mass is 421 g/mol. The van der Waals surface area contributed by atoms with Crippen LogP contribution in [0.15, 0.2) is 29.2 Å². The van der Waals surface area contributed by atoms with E-state index in [1.165, 1.54) is 0 Å². The highest BCUT2D eigenvalue weighted by atomic mass is 32.2. The van der Waals surface area contributed by atoms with Crippen molar-refractivity contribution in [3.05, 3.63) is 24.3 Å². The summed E-state index contributed by atoms with van der Waals surface area (Å²) in [4.78, 5) is 25.3. The molecule has 0 aromatic heterocycles. The predicted molar refractivity (Wildman–Crippen MR) is 89.8 cm³/mol. The summed E-state index contributed by atoms with van der Waals surface area (Å²) in [6.45, 7) is 1.88. The molecular formula is C16H18F3N3O5S. The van der Waals surface area contributed by atoms with Crippen LogP contribution in [0, 0.1) is 0 Å². The molecule has 0 saturated carbocycles. The van der Waals surface area contributed by atoms with Crippen molar-refractivity contribution >= 4 is 22.0 Å². The van der Waals surface area contributed by atoms with E-state index in [0.717, 1.165) is 33.5 Å². The Kier molecular flexibility index (Phi) is 5.04. The minimum Gasteiger partial charge on any atom is -0.406 e. The zero-order valence-electron chi connectivity index (χ0n) is 14.8. The highest BCUT2D eigenvalue weighted by molar-refractivity contribution is 7.89. The average molecular weight is 421 g/mol. The van der Waals surface area contributed by atoms with E-state index >= 15 is 0 Å². The predicted octanol–water partition coefficient (Wildman–Crippen LogP) is 1.68. The number of alkyl halides is 3. The van der Waals surface area contributed by atoms with Crippen molar-refractivity contribution in [3.8, 4) is 5.75 Å².